The predicted octanol–water partition coefficient (Wildman–Crippen LogP) is 4.97. The van der Waals surface area contributed by atoms with Gasteiger partial charge >= 0.3 is 6.18 Å². The third-order valence-corrected chi connectivity index (χ3v) is 3.67. The first-order valence-electron chi connectivity index (χ1n) is 6.36. The van der Waals surface area contributed by atoms with Crippen LogP contribution in [0.15, 0.2) is 30.3 Å². The highest BCUT2D eigenvalue weighted by molar-refractivity contribution is 8.14. The second-order valence-corrected chi connectivity index (χ2v) is 5.54. The van der Waals surface area contributed by atoms with Gasteiger partial charge in [0.1, 0.15) is 12.3 Å². The Morgan fingerprint density at radius 1 is 1.05 bits per heavy atom. The molecule has 21 heavy (non-hydrogen) atoms. The molecule has 0 fully saturated rings. The zero-order chi connectivity index (χ0) is 15.9. The first-order chi connectivity index (χ1) is 9.79. The first kappa shape index (κ1) is 17.9. The zero-order valence-corrected chi connectivity index (χ0v) is 11.9. The fourth-order valence-corrected chi connectivity index (χ4v) is 2.42. The summed E-state index contributed by atoms with van der Waals surface area (Å²) in [7, 11) is 0. The third kappa shape index (κ3) is 7.45. The molecule has 0 saturated carbocycles. The third-order valence-electron chi connectivity index (χ3n) is 2.73. The maximum Gasteiger partial charge on any atom is 0.389 e. The van der Waals surface area contributed by atoms with Gasteiger partial charge in [-0.3, -0.25) is 4.79 Å². The molecule has 0 aliphatic carbocycles. The molecule has 1 nitrogen and oxygen atoms in total. The van der Waals surface area contributed by atoms with Crippen molar-refractivity contribution in [2.24, 2.45) is 0 Å². The van der Waals surface area contributed by atoms with E-state index < -0.39 is 31.4 Å². The van der Waals surface area contributed by atoms with Crippen molar-refractivity contribution < 1.29 is 26.7 Å². The number of rotatable bonds is 7. The molecule has 7 heteroatoms. The fraction of sp³-hybridized carbons (Fsp3) is 0.500. The van der Waals surface area contributed by atoms with Crippen LogP contribution < -0.4 is 0 Å². The van der Waals surface area contributed by atoms with Crippen LogP contribution in [0.2, 0.25) is 0 Å². The van der Waals surface area contributed by atoms with E-state index in [1.807, 2.05) is 0 Å². The average Bonchev–Trinajstić information content (AvgIpc) is 2.44. The standard InChI is InChI=1S/C14H15F5OS/c15-11(6-8-14(17,18)19)12(16)7-9-21-13(20)10-4-2-1-3-5-10/h1-5,11-12H,6-9H2. The molecule has 0 N–H and O–H groups in total. The summed E-state index contributed by atoms with van der Waals surface area (Å²) in [5.74, 6) is 0.0291. The molecular formula is C14H15F5OS. The minimum Gasteiger partial charge on any atom is -0.282 e. The minimum atomic E-state index is -4.48. The molecular weight excluding hydrogens is 311 g/mol. The molecule has 0 spiro atoms. The van der Waals surface area contributed by atoms with E-state index in [1.165, 1.54) is 0 Å². The van der Waals surface area contributed by atoms with Crippen molar-refractivity contribution in [1.29, 1.82) is 0 Å². The normalized spacial score (nSPS) is 14.7. The van der Waals surface area contributed by atoms with Crippen LogP contribution >= 0.6 is 11.8 Å². The van der Waals surface area contributed by atoms with E-state index in [0.29, 0.717) is 5.56 Å². The van der Waals surface area contributed by atoms with Gasteiger partial charge < -0.3 is 0 Å². The molecule has 0 aliphatic heterocycles. The van der Waals surface area contributed by atoms with Crippen molar-refractivity contribution in [1.82, 2.24) is 0 Å². The smallest absolute Gasteiger partial charge is 0.282 e. The highest BCUT2D eigenvalue weighted by atomic mass is 32.2. The number of hydrogen-bond donors (Lipinski definition) is 0. The van der Waals surface area contributed by atoms with Crippen LogP contribution in [0.1, 0.15) is 29.6 Å². The van der Waals surface area contributed by atoms with Crippen molar-refractivity contribution in [3.05, 3.63) is 35.9 Å². The Morgan fingerprint density at radius 3 is 2.19 bits per heavy atom. The van der Waals surface area contributed by atoms with Crippen LogP contribution in [0.3, 0.4) is 0 Å². The van der Waals surface area contributed by atoms with Crippen molar-refractivity contribution in [2.75, 3.05) is 5.75 Å². The molecule has 1 aromatic rings. The predicted molar refractivity (Wildman–Crippen MR) is 72.9 cm³/mol. The van der Waals surface area contributed by atoms with Gasteiger partial charge in [-0.05, 0) is 12.8 Å². The molecule has 0 radical (unpaired) electrons. The SMILES string of the molecule is O=C(SCCC(F)C(F)CCC(F)(F)F)c1ccccc1. The van der Waals surface area contributed by atoms with Crippen molar-refractivity contribution >= 4 is 16.9 Å². The van der Waals surface area contributed by atoms with Crippen molar-refractivity contribution in [3.63, 3.8) is 0 Å². The number of thioether (sulfide) groups is 1. The van der Waals surface area contributed by atoms with Gasteiger partial charge in [-0.1, -0.05) is 42.1 Å². The number of alkyl halides is 5. The Labute approximate surface area is 123 Å². The Kier molecular flexibility index (Phi) is 7.14. The Balaban J connectivity index is 2.27. The molecule has 0 amide bonds. The van der Waals surface area contributed by atoms with Crippen LogP contribution in [0.5, 0.6) is 0 Å². The lowest BCUT2D eigenvalue weighted by Gasteiger charge is -2.14. The van der Waals surface area contributed by atoms with E-state index in [-0.39, 0.29) is 17.3 Å². The summed E-state index contributed by atoms with van der Waals surface area (Å²) in [5.41, 5.74) is 0.451. The van der Waals surface area contributed by atoms with E-state index >= 15 is 0 Å². The number of carbonyl (C=O) groups excluding carboxylic acids is 1. The highest BCUT2D eigenvalue weighted by Crippen LogP contribution is 2.26. The minimum absolute atomic E-state index is 0.0291. The molecule has 2 unspecified atom stereocenters. The summed E-state index contributed by atoms with van der Waals surface area (Å²) in [6, 6.07) is 8.31. The van der Waals surface area contributed by atoms with E-state index in [0.717, 1.165) is 11.8 Å². The van der Waals surface area contributed by atoms with Crippen LogP contribution in [0, 0.1) is 0 Å². The zero-order valence-electron chi connectivity index (χ0n) is 11.1. The van der Waals surface area contributed by atoms with Gasteiger partial charge in [0.05, 0.1) is 0 Å². The quantitative estimate of drug-likeness (QED) is 0.658. The topological polar surface area (TPSA) is 17.1 Å². The van der Waals surface area contributed by atoms with E-state index in [9.17, 15) is 26.7 Å². The molecule has 118 valence electrons. The van der Waals surface area contributed by atoms with Crippen LogP contribution in [-0.4, -0.2) is 29.4 Å². The highest BCUT2D eigenvalue weighted by Gasteiger charge is 2.31. The molecule has 2 atom stereocenters. The summed E-state index contributed by atoms with van der Waals surface area (Å²) in [6.45, 7) is 0. The first-order valence-corrected chi connectivity index (χ1v) is 7.35. The maximum atomic E-state index is 13.4. The second kappa shape index (κ2) is 8.36. The van der Waals surface area contributed by atoms with Gasteiger partial charge in [0.25, 0.3) is 0 Å². The fourth-order valence-electron chi connectivity index (χ4n) is 1.59. The van der Waals surface area contributed by atoms with Gasteiger partial charge in [0, 0.05) is 17.7 Å². The van der Waals surface area contributed by atoms with Crippen LogP contribution in [0.4, 0.5) is 22.0 Å². The van der Waals surface area contributed by atoms with Crippen molar-refractivity contribution in [2.45, 2.75) is 37.8 Å². The number of halogens is 5. The second-order valence-electron chi connectivity index (χ2n) is 4.48. The van der Waals surface area contributed by atoms with E-state index in [2.05, 4.69) is 0 Å². The van der Waals surface area contributed by atoms with Gasteiger partial charge in [0.15, 0.2) is 0 Å². The van der Waals surface area contributed by atoms with Crippen LogP contribution in [-0.2, 0) is 0 Å². The molecule has 0 heterocycles. The number of carbonyl (C=O) groups is 1. The summed E-state index contributed by atoms with van der Waals surface area (Å²) >= 11 is 0.831. The van der Waals surface area contributed by atoms with Gasteiger partial charge in [-0.15, -0.1) is 0 Å². The van der Waals surface area contributed by atoms with Gasteiger partial charge in [0.2, 0.25) is 5.12 Å². The average molecular weight is 326 g/mol. The van der Waals surface area contributed by atoms with E-state index in [4.69, 9.17) is 0 Å². The van der Waals surface area contributed by atoms with Crippen molar-refractivity contribution in [3.8, 4) is 0 Å². The lowest BCUT2D eigenvalue weighted by Crippen LogP contribution is -2.21. The van der Waals surface area contributed by atoms with Gasteiger partial charge in [-0.25, -0.2) is 8.78 Å². The summed E-state index contributed by atoms with van der Waals surface area (Å²) in [5, 5.41) is -0.270. The number of hydrogen-bond acceptors (Lipinski definition) is 2. The molecule has 1 rings (SSSR count). The Morgan fingerprint density at radius 2 is 1.62 bits per heavy atom. The molecule has 1 aromatic carbocycles. The number of benzene rings is 1. The lowest BCUT2D eigenvalue weighted by molar-refractivity contribution is -0.139. The molecule has 0 bridgehead atoms. The van der Waals surface area contributed by atoms with Gasteiger partial charge in [-0.2, -0.15) is 13.2 Å². The summed E-state index contributed by atoms with van der Waals surface area (Å²) < 4.78 is 62.2. The maximum absolute atomic E-state index is 13.4. The summed E-state index contributed by atoms with van der Waals surface area (Å²) in [6.07, 6.45) is -11.1. The monoisotopic (exact) mass is 326 g/mol. The molecule has 0 aliphatic rings. The Hall–Kier alpha value is -1.11. The lowest BCUT2D eigenvalue weighted by atomic mass is 10.1. The van der Waals surface area contributed by atoms with Crippen LogP contribution in [0.25, 0.3) is 0 Å². The summed E-state index contributed by atoms with van der Waals surface area (Å²) in [4.78, 5) is 11.7. The van der Waals surface area contributed by atoms with E-state index in [1.54, 1.807) is 30.3 Å². The largest absolute Gasteiger partial charge is 0.389 e. The molecule has 0 aromatic heterocycles. The Bertz CT molecular complexity index is 435. The molecule has 0 saturated heterocycles.